The van der Waals surface area contributed by atoms with E-state index in [4.69, 9.17) is 10.5 Å². The van der Waals surface area contributed by atoms with Crippen LogP contribution in [0.1, 0.15) is 17.7 Å². The summed E-state index contributed by atoms with van der Waals surface area (Å²) in [6.07, 6.45) is 2.53. The molecule has 82 valence electrons. The van der Waals surface area contributed by atoms with Gasteiger partial charge in [-0.2, -0.15) is 0 Å². The Kier molecular flexibility index (Phi) is 2.26. The maximum Gasteiger partial charge on any atom is 0.0701 e. The minimum atomic E-state index is 0.235. The molecule has 0 radical (unpaired) electrons. The van der Waals surface area contributed by atoms with Crippen molar-refractivity contribution in [2.24, 2.45) is 11.1 Å². The van der Waals surface area contributed by atoms with Gasteiger partial charge in [-0.15, -0.1) is 11.3 Å². The third-order valence-electron chi connectivity index (χ3n) is 4.00. The molecule has 1 aromatic rings. The Morgan fingerprint density at radius 1 is 1.40 bits per heavy atom. The van der Waals surface area contributed by atoms with E-state index in [2.05, 4.69) is 28.1 Å². The Balaban J connectivity index is 1.99. The van der Waals surface area contributed by atoms with Gasteiger partial charge in [-0.3, -0.25) is 0 Å². The van der Waals surface area contributed by atoms with Crippen molar-refractivity contribution in [3.63, 3.8) is 0 Å². The van der Waals surface area contributed by atoms with Crippen molar-refractivity contribution >= 4 is 27.3 Å². The Labute approximate surface area is 102 Å². The lowest BCUT2D eigenvalue weighted by molar-refractivity contribution is -0.0953. The van der Waals surface area contributed by atoms with E-state index < -0.39 is 0 Å². The van der Waals surface area contributed by atoms with Crippen molar-refractivity contribution in [1.29, 1.82) is 0 Å². The number of nitrogens with two attached hydrogens (primary N) is 1. The van der Waals surface area contributed by atoms with E-state index in [9.17, 15) is 0 Å². The number of ether oxygens (including phenoxy) is 1. The second-order valence-corrected chi connectivity index (χ2v) is 7.13. The first-order valence-corrected chi connectivity index (χ1v) is 6.87. The Hall–Kier alpha value is 0.1000. The Morgan fingerprint density at radius 2 is 2.13 bits per heavy atom. The topological polar surface area (TPSA) is 35.2 Å². The van der Waals surface area contributed by atoms with Gasteiger partial charge >= 0.3 is 0 Å². The first kappa shape index (κ1) is 10.3. The molecule has 1 aromatic heterocycles. The molecule has 0 spiro atoms. The van der Waals surface area contributed by atoms with Gasteiger partial charge in [-0.05, 0) is 52.9 Å². The maximum absolute atomic E-state index is 5.95. The highest BCUT2D eigenvalue weighted by molar-refractivity contribution is 9.11. The predicted octanol–water partition coefficient (Wildman–Crippen LogP) is 2.52. The summed E-state index contributed by atoms with van der Waals surface area (Å²) in [5.41, 5.74) is 6.52. The van der Waals surface area contributed by atoms with Crippen LogP contribution in [-0.2, 0) is 10.2 Å². The van der Waals surface area contributed by atoms with Crippen molar-refractivity contribution in [3.8, 4) is 0 Å². The van der Waals surface area contributed by atoms with Gasteiger partial charge in [0.1, 0.15) is 0 Å². The van der Waals surface area contributed by atoms with Gasteiger partial charge in [0, 0.05) is 4.88 Å². The molecule has 2 aliphatic rings. The molecule has 0 bridgehead atoms. The molecule has 0 atom stereocenters. The summed E-state index contributed by atoms with van der Waals surface area (Å²) in [6, 6.07) is 4.36. The fourth-order valence-corrected chi connectivity index (χ4v) is 4.28. The summed E-state index contributed by atoms with van der Waals surface area (Å²) in [5.74, 6) is 0. The summed E-state index contributed by atoms with van der Waals surface area (Å²) < 4.78 is 6.67. The van der Waals surface area contributed by atoms with Crippen LogP contribution in [-0.4, -0.2) is 19.8 Å². The maximum atomic E-state index is 5.95. The summed E-state index contributed by atoms with van der Waals surface area (Å²) in [6.45, 7) is 2.51. The zero-order chi connectivity index (χ0) is 10.5. The van der Waals surface area contributed by atoms with Crippen molar-refractivity contribution in [3.05, 3.63) is 20.8 Å². The van der Waals surface area contributed by atoms with Crippen LogP contribution in [0.3, 0.4) is 0 Å². The zero-order valence-corrected chi connectivity index (χ0v) is 10.9. The van der Waals surface area contributed by atoms with Crippen molar-refractivity contribution in [2.45, 2.75) is 18.3 Å². The van der Waals surface area contributed by atoms with Crippen LogP contribution < -0.4 is 5.73 Å². The molecular formula is C11H14BrNOS. The molecule has 4 heteroatoms. The van der Waals surface area contributed by atoms with E-state index in [-0.39, 0.29) is 5.41 Å². The lowest BCUT2D eigenvalue weighted by atomic mass is 9.69. The van der Waals surface area contributed by atoms with E-state index in [1.54, 1.807) is 0 Å². The average Bonchev–Trinajstić information content (AvgIpc) is 2.83. The van der Waals surface area contributed by atoms with E-state index >= 15 is 0 Å². The highest BCUT2D eigenvalue weighted by Gasteiger charge is 2.63. The van der Waals surface area contributed by atoms with Crippen LogP contribution in [0.5, 0.6) is 0 Å². The van der Waals surface area contributed by atoms with Gasteiger partial charge in [0.2, 0.25) is 0 Å². The van der Waals surface area contributed by atoms with E-state index in [0.29, 0.717) is 5.41 Å². The predicted molar refractivity (Wildman–Crippen MR) is 65.2 cm³/mol. The van der Waals surface area contributed by atoms with Crippen LogP contribution in [0.15, 0.2) is 15.9 Å². The monoisotopic (exact) mass is 287 g/mol. The lowest BCUT2D eigenvalue weighted by Gasteiger charge is -2.47. The molecular weight excluding hydrogens is 274 g/mol. The minimum Gasteiger partial charge on any atom is -0.379 e. The van der Waals surface area contributed by atoms with Gasteiger partial charge in [0.25, 0.3) is 0 Å². The molecule has 2 nitrogen and oxygen atoms in total. The number of hydrogen-bond donors (Lipinski definition) is 1. The molecule has 2 fully saturated rings. The zero-order valence-electron chi connectivity index (χ0n) is 8.46. The molecule has 2 heterocycles. The third-order valence-corrected chi connectivity index (χ3v) is 5.83. The fourth-order valence-electron chi connectivity index (χ4n) is 2.62. The minimum absolute atomic E-state index is 0.235. The van der Waals surface area contributed by atoms with Crippen molar-refractivity contribution in [1.82, 2.24) is 0 Å². The van der Waals surface area contributed by atoms with Gasteiger partial charge in [0.05, 0.1) is 22.4 Å². The summed E-state index contributed by atoms with van der Waals surface area (Å²) >= 11 is 5.37. The molecule has 3 rings (SSSR count). The molecule has 2 N–H and O–H groups in total. The van der Waals surface area contributed by atoms with Crippen LogP contribution >= 0.6 is 27.3 Å². The van der Waals surface area contributed by atoms with Crippen molar-refractivity contribution < 1.29 is 4.74 Å². The number of thiophene rings is 1. The summed E-state index contributed by atoms with van der Waals surface area (Å²) in [4.78, 5) is 1.45. The van der Waals surface area contributed by atoms with Gasteiger partial charge in [-0.1, -0.05) is 0 Å². The average molecular weight is 288 g/mol. The smallest absolute Gasteiger partial charge is 0.0701 e. The van der Waals surface area contributed by atoms with Crippen LogP contribution in [0, 0.1) is 5.41 Å². The molecule has 0 aromatic carbocycles. The lowest BCUT2D eigenvalue weighted by Crippen LogP contribution is -2.55. The van der Waals surface area contributed by atoms with Gasteiger partial charge in [-0.25, -0.2) is 0 Å². The first-order chi connectivity index (χ1) is 7.22. The number of rotatable bonds is 3. The Bertz CT molecular complexity index is 382. The summed E-state index contributed by atoms with van der Waals surface area (Å²) in [5, 5.41) is 0. The van der Waals surface area contributed by atoms with Crippen molar-refractivity contribution in [2.75, 3.05) is 19.8 Å². The van der Waals surface area contributed by atoms with Crippen LogP contribution in [0.4, 0.5) is 0 Å². The molecule has 1 aliphatic carbocycles. The molecule has 1 saturated heterocycles. The second-order valence-electron chi connectivity index (χ2n) is 4.66. The first-order valence-electron chi connectivity index (χ1n) is 5.26. The number of halogens is 1. The van der Waals surface area contributed by atoms with Crippen LogP contribution in [0.2, 0.25) is 0 Å². The Morgan fingerprint density at radius 3 is 2.47 bits per heavy atom. The molecule has 15 heavy (non-hydrogen) atoms. The largest absolute Gasteiger partial charge is 0.379 e. The van der Waals surface area contributed by atoms with E-state index in [0.717, 1.165) is 19.8 Å². The summed E-state index contributed by atoms with van der Waals surface area (Å²) in [7, 11) is 0. The third kappa shape index (κ3) is 1.28. The van der Waals surface area contributed by atoms with Gasteiger partial charge in [0.15, 0.2) is 0 Å². The SMILES string of the molecule is NCC1(C2(c3ccc(Br)s3)COC2)CC1. The molecule has 1 aliphatic heterocycles. The molecule has 0 amide bonds. The normalized spacial score (nSPS) is 26.0. The van der Waals surface area contributed by atoms with Gasteiger partial charge < -0.3 is 10.5 Å². The van der Waals surface area contributed by atoms with Crippen LogP contribution in [0.25, 0.3) is 0 Å². The van der Waals surface area contributed by atoms with E-state index in [1.807, 2.05) is 11.3 Å². The van der Waals surface area contributed by atoms with E-state index in [1.165, 1.54) is 21.5 Å². The number of hydrogen-bond acceptors (Lipinski definition) is 3. The highest BCUT2D eigenvalue weighted by atomic mass is 79.9. The quantitative estimate of drug-likeness (QED) is 0.927. The standard InChI is InChI=1S/C11H14BrNOS/c12-9-2-1-8(15-9)11(6-14-7-11)10(5-13)3-4-10/h1-2H,3-7,13H2. The second kappa shape index (κ2) is 3.29. The highest BCUT2D eigenvalue weighted by Crippen LogP contribution is 2.62. The molecule has 1 saturated carbocycles. The fraction of sp³-hybridized carbons (Fsp3) is 0.636. The molecule has 0 unspecified atom stereocenters.